The van der Waals surface area contributed by atoms with Gasteiger partial charge in [0, 0.05) is 24.8 Å². The number of aliphatic hydroxyl groups excluding tert-OH is 1. The number of amides is 2. The summed E-state index contributed by atoms with van der Waals surface area (Å²) < 4.78 is 0. The fourth-order valence-corrected chi connectivity index (χ4v) is 2.06. The molecule has 1 atom stereocenters. The number of carbonyl (C=O) groups excluding carboxylic acids is 2. The largest absolute Gasteiger partial charge is 0.393 e. The van der Waals surface area contributed by atoms with Crippen molar-refractivity contribution in [3.8, 4) is 0 Å². The minimum Gasteiger partial charge on any atom is -0.393 e. The van der Waals surface area contributed by atoms with E-state index in [0.29, 0.717) is 24.9 Å². The number of anilines is 1. The Morgan fingerprint density at radius 3 is 2.95 bits per heavy atom. The second-order valence-electron chi connectivity index (χ2n) is 4.96. The molecule has 1 aliphatic rings. The van der Waals surface area contributed by atoms with E-state index < -0.39 is 6.10 Å². The zero-order valence-corrected chi connectivity index (χ0v) is 11.1. The summed E-state index contributed by atoms with van der Waals surface area (Å²) in [4.78, 5) is 25.0. The van der Waals surface area contributed by atoms with Crippen LogP contribution in [0, 0.1) is 0 Å². The minimum atomic E-state index is -0.419. The summed E-state index contributed by atoms with van der Waals surface area (Å²) in [5.41, 5.74) is 2.22. The van der Waals surface area contributed by atoms with E-state index in [0.717, 1.165) is 11.3 Å². The van der Waals surface area contributed by atoms with Gasteiger partial charge in [0.2, 0.25) is 5.91 Å². The topological polar surface area (TPSA) is 69.6 Å². The van der Waals surface area contributed by atoms with Crippen LogP contribution in [0.25, 0.3) is 0 Å². The van der Waals surface area contributed by atoms with E-state index >= 15 is 0 Å². The molecule has 0 fully saturated rings. The number of hydrogen-bond donors (Lipinski definition) is 2. The molecule has 102 valence electrons. The van der Waals surface area contributed by atoms with Crippen molar-refractivity contribution in [1.29, 1.82) is 0 Å². The molecule has 0 aromatic heterocycles. The molecule has 19 heavy (non-hydrogen) atoms. The molecule has 1 aromatic rings. The van der Waals surface area contributed by atoms with Crippen LogP contribution >= 0.6 is 0 Å². The average Bonchev–Trinajstić information content (AvgIpc) is 2.73. The highest BCUT2D eigenvalue weighted by Crippen LogP contribution is 2.24. The molecule has 1 heterocycles. The van der Waals surface area contributed by atoms with Crippen molar-refractivity contribution in [3.05, 3.63) is 29.3 Å². The molecule has 2 amide bonds. The van der Waals surface area contributed by atoms with Crippen LogP contribution in [0.4, 0.5) is 5.69 Å². The number of hydrogen-bond acceptors (Lipinski definition) is 3. The second-order valence-corrected chi connectivity index (χ2v) is 4.96. The first-order valence-electron chi connectivity index (χ1n) is 6.33. The zero-order chi connectivity index (χ0) is 14.0. The normalized spacial score (nSPS) is 14.8. The molecule has 2 N–H and O–H groups in total. The van der Waals surface area contributed by atoms with Crippen molar-refractivity contribution in [3.63, 3.8) is 0 Å². The Kier molecular flexibility index (Phi) is 3.85. The van der Waals surface area contributed by atoms with Crippen LogP contribution in [-0.4, -0.2) is 41.5 Å². The van der Waals surface area contributed by atoms with Gasteiger partial charge in [0.25, 0.3) is 5.91 Å². The molecule has 0 radical (unpaired) electrons. The molecule has 1 aromatic carbocycles. The molecular weight excluding hydrogens is 244 g/mol. The number of aliphatic hydroxyl groups is 1. The van der Waals surface area contributed by atoms with Crippen molar-refractivity contribution in [2.75, 3.05) is 18.9 Å². The monoisotopic (exact) mass is 262 g/mol. The Morgan fingerprint density at radius 1 is 1.53 bits per heavy atom. The SMILES string of the molecule is CC(O)CCN(C)C(=O)c1ccc2c(c1)CC(=O)N2. The van der Waals surface area contributed by atoms with Crippen molar-refractivity contribution in [2.24, 2.45) is 0 Å². The third-order valence-corrected chi connectivity index (χ3v) is 3.21. The third kappa shape index (κ3) is 3.12. The van der Waals surface area contributed by atoms with Gasteiger partial charge in [-0.1, -0.05) is 0 Å². The van der Waals surface area contributed by atoms with E-state index in [1.807, 2.05) is 0 Å². The van der Waals surface area contributed by atoms with Crippen LogP contribution in [0.3, 0.4) is 0 Å². The van der Waals surface area contributed by atoms with Gasteiger partial charge in [0.1, 0.15) is 0 Å². The van der Waals surface area contributed by atoms with Gasteiger partial charge in [-0.2, -0.15) is 0 Å². The predicted octanol–water partition coefficient (Wildman–Crippen LogP) is 1.02. The maximum Gasteiger partial charge on any atom is 0.253 e. The Hall–Kier alpha value is -1.88. The van der Waals surface area contributed by atoms with Crippen LogP contribution in [0.15, 0.2) is 18.2 Å². The van der Waals surface area contributed by atoms with E-state index in [1.165, 1.54) is 0 Å². The van der Waals surface area contributed by atoms with Crippen LogP contribution < -0.4 is 5.32 Å². The van der Waals surface area contributed by atoms with E-state index in [4.69, 9.17) is 0 Å². The second kappa shape index (κ2) is 5.40. The fourth-order valence-electron chi connectivity index (χ4n) is 2.06. The molecule has 1 unspecified atom stereocenters. The van der Waals surface area contributed by atoms with Crippen molar-refractivity contribution < 1.29 is 14.7 Å². The summed E-state index contributed by atoms with van der Waals surface area (Å²) in [5.74, 6) is -0.134. The summed E-state index contributed by atoms with van der Waals surface area (Å²) in [6, 6.07) is 5.23. The smallest absolute Gasteiger partial charge is 0.253 e. The van der Waals surface area contributed by atoms with Gasteiger partial charge >= 0.3 is 0 Å². The summed E-state index contributed by atoms with van der Waals surface area (Å²) in [5, 5.41) is 12.0. The Balaban J connectivity index is 2.08. The van der Waals surface area contributed by atoms with E-state index in [9.17, 15) is 14.7 Å². The van der Waals surface area contributed by atoms with E-state index in [2.05, 4.69) is 5.32 Å². The lowest BCUT2D eigenvalue weighted by atomic mass is 10.1. The molecule has 1 aliphatic heterocycles. The standard InChI is InChI=1S/C14H18N2O3/c1-9(17)5-6-16(2)14(19)10-3-4-12-11(7-10)8-13(18)15-12/h3-4,7,9,17H,5-6,8H2,1-2H3,(H,15,18). The highest BCUT2D eigenvalue weighted by atomic mass is 16.3. The molecule has 2 rings (SSSR count). The zero-order valence-electron chi connectivity index (χ0n) is 11.1. The first-order valence-corrected chi connectivity index (χ1v) is 6.33. The lowest BCUT2D eigenvalue weighted by Crippen LogP contribution is -2.29. The third-order valence-electron chi connectivity index (χ3n) is 3.21. The minimum absolute atomic E-state index is 0.0398. The fraction of sp³-hybridized carbons (Fsp3) is 0.429. The number of nitrogens with one attached hydrogen (secondary N) is 1. The lowest BCUT2D eigenvalue weighted by Gasteiger charge is -2.18. The van der Waals surface area contributed by atoms with Gasteiger partial charge < -0.3 is 15.3 Å². The number of fused-ring (bicyclic) bond motifs is 1. The summed E-state index contributed by atoms with van der Waals surface area (Å²) in [6.07, 6.45) is 0.457. The molecule has 0 saturated heterocycles. The summed E-state index contributed by atoms with van der Waals surface area (Å²) in [7, 11) is 1.71. The van der Waals surface area contributed by atoms with Crippen molar-refractivity contribution >= 4 is 17.5 Å². The van der Waals surface area contributed by atoms with Crippen LogP contribution in [0.5, 0.6) is 0 Å². The summed E-state index contributed by atoms with van der Waals surface area (Å²) >= 11 is 0. The number of carbonyl (C=O) groups is 2. The lowest BCUT2D eigenvalue weighted by molar-refractivity contribution is -0.115. The highest BCUT2D eigenvalue weighted by molar-refractivity contribution is 6.01. The highest BCUT2D eigenvalue weighted by Gasteiger charge is 2.20. The average molecular weight is 262 g/mol. The van der Waals surface area contributed by atoms with Gasteiger partial charge in [0.15, 0.2) is 0 Å². The molecule has 0 spiro atoms. The maximum atomic E-state index is 12.2. The number of benzene rings is 1. The van der Waals surface area contributed by atoms with Crippen LogP contribution in [0.2, 0.25) is 0 Å². The first-order chi connectivity index (χ1) is 8.97. The predicted molar refractivity (Wildman–Crippen MR) is 72.0 cm³/mol. The number of nitrogens with zero attached hydrogens (tertiary/aromatic N) is 1. The van der Waals surface area contributed by atoms with Crippen LogP contribution in [-0.2, 0) is 11.2 Å². The molecule has 0 saturated carbocycles. The Bertz CT molecular complexity index is 511. The van der Waals surface area contributed by atoms with Gasteiger partial charge in [0.05, 0.1) is 12.5 Å². The van der Waals surface area contributed by atoms with Crippen molar-refractivity contribution in [2.45, 2.75) is 25.9 Å². The number of rotatable bonds is 4. The van der Waals surface area contributed by atoms with Crippen molar-refractivity contribution in [1.82, 2.24) is 4.90 Å². The van der Waals surface area contributed by atoms with Crippen LogP contribution in [0.1, 0.15) is 29.3 Å². The summed E-state index contributed by atoms with van der Waals surface area (Å²) in [6.45, 7) is 2.20. The van der Waals surface area contributed by atoms with E-state index in [1.54, 1.807) is 37.1 Å². The van der Waals surface area contributed by atoms with Gasteiger partial charge in [-0.05, 0) is 37.1 Å². The molecule has 0 aliphatic carbocycles. The Labute approximate surface area is 112 Å². The quantitative estimate of drug-likeness (QED) is 0.851. The first kappa shape index (κ1) is 13.5. The molecule has 5 heteroatoms. The molecule has 0 bridgehead atoms. The van der Waals surface area contributed by atoms with E-state index in [-0.39, 0.29) is 11.8 Å². The van der Waals surface area contributed by atoms with Gasteiger partial charge in [-0.15, -0.1) is 0 Å². The van der Waals surface area contributed by atoms with Gasteiger partial charge in [-0.25, -0.2) is 0 Å². The molecular formula is C14H18N2O3. The van der Waals surface area contributed by atoms with Gasteiger partial charge in [-0.3, -0.25) is 9.59 Å². The maximum absolute atomic E-state index is 12.2. The Morgan fingerprint density at radius 2 is 2.26 bits per heavy atom. The molecule has 5 nitrogen and oxygen atoms in total.